The number of aromatic nitrogens is 1. The number of aromatic amines is 1. The quantitative estimate of drug-likeness (QED) is 0.154. The minimum atomic E-state index is -0.689. The number of hydrogen-bond donors (Lipinski definition) is 3. The average molecular weight is 611 g/mol. The van der Waals surface area contributed by atoms with E-state index in [9.17, 15) is 9.59 Å². The number of ether oxygens (including phenoxy) is 6. The SMILES string of the molecule is CCO[C@@H]1OC(C(=O)NCCc2c[nH]c3ccc(OC)cc23)=C[C@H](c2ccc(C(=O)OC)cc2)[C@@H]1CCOCCOCCO. The zero-order chi connectivity index (χ0) is 31.3. The van der Waals surface area contributed by atoms with E-state index in [1.165, 1.54) is 7.11 Å². The molecule has 3 aromatic rings. The third-order valence-corrected chi connectivity index (χ3v) is 7.51. The molecule has 0 unspecified atom stereocenters. The number of benzene rings is 2. The Labute approximate surface area is 257 Å². The molecule has 1 aromatic heterocycles. The molecule has 11 heteroatoms. The van der Waals surface area contributed by atoms with Gasteiger partial charge in [0.2, 0.25) is 6.29 Å². The molecule has 0 saturated heterocycles. The van der Waals surface area contributed by atoms with Crippen LogP contribution < -0.4 is 10.1 Å². The van der Waals surface area contributed by atoms with E-state index in [0.717, 1.165) is 27.8 Å². The maximum absolute atomic E-state index is 13.4. The zero-order valence-electron chi connectivity index (χ0n) is 25.5. The highest BCUT2D eigenvalue weighted by molar-refractivity contribution is 5.92. The molecule has 11 nitrogen and oxygen atoms in total. The summed E-state index contributed by atoms with van der Waals surface area (Å²) in [5, 5.41) is 12.9. The Morgan fingerprint density at radius 3 is 2.50 bits per heavy atom. The first-order valence-electron chi connectivity index (χ1n) is 14.9. The number of aliphatic hydroxyl groups excluding tert-OH is 1. The molecule has 238 valence electrons. The van der Waals surface area contributed by atoms with Gasteiger partial charge in [-0.05, 0) is 67.3 Å². The third kappa shape index (κ3) is 8.60. The Morgan fingerprint density at radius 2 is 1.80 bits per heavy atom. The number of methoxy groups -OCH3 is 2. The van der Waals surface area contributed by atoms with Crippen LogP contribution in [0.4, 0.5) is 0 Å². The van der Waals surface area contributed by atoms with Crippen molar-refractivity contribution in [3.63, 3.8) is 0 Å². The fraction of sp³-hybridized carbons (Fsp3) is 0.455. The second-order valence-corrected chi connectivity index (χ2v) is 10.2. The highest BCUT2D eigenvalue weighted by Crippen LogP contribution is 2.39. The van der Waals surface area contributed by atoms with Gasteiger partial charge in [0.15, 0.2) is 5.76 Å². The van der Waals surface area contributed by atoms with Gasteiger partial charge in [0.05, 0.1) is 46.2 Å². The summed E-state index contributed by atoms with van der Waals surface area (Å²) in [6.45, 7) is 4.09. The van der Waals surface area contributed by atoms with Gasteiger partial charge in [-0.25, -0.2) is 4.79 Å². The van der Waals surface area contributed by atoms with Crippen LogP contribution in [0.3, 0.4) is 0 Å². The van der Waals surface area contributed by atoms with Gasteiger partial charge in [-0.3, -0.25) is 4.79 Å². The van der Waals surface area contributed by atoms with Crippen molar-refractivity contribution in [2.75, 3.05) is 60.4 Å². The fourth-order valence-corrected chi connectivity index (χ4v) is 5.27. The lowest BCUT2D eigenvalue weighted by atomic mass is 9.81. The van der Waals surface area contributed by atoms with Crippen LogP contribution in [-0.2, 0) is 34.9 Å². The molecular formula is C33H42N2O9. The summed E-state index contributed by atoms with van der Waals surface area (Å²) in [6.07, 6.45) is 4.28. The molecule has 1 amide bonds. The predicted molar refractivity (Wildman–Crippen MR) is 163 cm³/mol. The number of nitrogens with one attached hydrogen (secondary N) is 2. The van der Waals surface area contributed by atoms with Crippen LogP contribution >= 0.6 is 0 Å². The van der Waals surface area contributed by atoms with Gasteiger partial charge in [0.25, 0.3) is 5.91 Å². The molecule has 3 N–H and O–H groups in total. The molecule has 0 saturated carbocycles. The molecule has 3 atom stereocenters. The maximum atomic E-state index is 13.4. The van der Waals surface area contributed by atoms with Crippen LogP contribution in [0.1, 0.15) is 40.7 Å². The summed E-state index contributed by atoms with van der Waals surface area (Å²) in [5.74, 6) is -0.225. The van der Waals surface area contributed by atoms with Crippen LogP contribution in [-0.4, -0.2) is 88.7 Å². The monoisotopic (exact) mass is 610 g/mol. The largest absolute Gasteiger partial charge is 0.497 e. The second-order valence-electron chi connectivity index (χ2n) is 10.2. The first kappa shape index (κ1) is 33.0. The summed E-state index contributed by atoms with van der Waals surface area (Å²) < 4.78 is 33.4. The lowest BCUT2D eigenvalue weighted by molar-refractivity contribution is -0.168. The topological polar surface area (TPSA) is 138 Å². The molecule has 2 aromatic carbocycles. The normalized spacial score (nSPS) is 18.0. The van der Waals surface area contributed by atoms with Gasteiger partial charge in [0.1, 0.15) is 5.75 Å². The van der Waals surface area contributed by atoms with Crippen molar-refractivity contribution < 1.29 is 43.1 Å². The highest BCUT2D eigenvalue weighted by atomic mass is 16.7. The predicted octanol–water partition coefficient (Wildman–Crippen LogP) is 3.71. The molecule has 44 heavy (non-hydrogen) atoms. The minimum absolute atomic E-state index is 0.0353. The number of fused-ring (bicyclic) bond motifs is 1. The van der Waals surface area contributed by atoms with E-state index in [1.807, 2.05) is 49.5 Å². The number of carbonyl (C=O) groups is 2. The fourth-order valence-electron chi connectivity index (χ4n) is 5.27. The molecule has 1 aliphatic rings. The molecule has 0 fully saturated rings. The van der Waals surface area contributed by atoms with Crippen molar-refractivity contribution >= 4 is 22.8 Å². The smallest absolute Gasteiger partial charge is 0.337 e. The Morgan fingerprint density at radius 1 is 1.02 bits per heavy atom. The van der Waals surface area contributed by atoms with Gasteiger partial charge in [-0.15, -0.1) is 0 Å². The molecular weight excluding hydrogens is 568 g/mol. The summed E-state index contributed by atoms with van der Waals surface area (Å²) in [6, 6.07) is 13.0. The van der Waals surface area contributed by atoms with Crippen LogP contribution in [0.2, 0.25) is 0 Å². The van der Waals surface area contributed by atoms with E-state index >= 15 is 0 Å². The first-order valence-corrected chi connectivity index (χ1v) is 14.9. The first-order chi connectivity index (χ1) is 21.5. The van der Waals surface area contributed by atoms with Crippen LogP contribution in [0.15, 0.2) is 60.5 Å². The van der Waals surface area contributed by atoms with E-state index in [1.54, 1.807) is 19.2 Å². The summed E-state index contributed by atoms with van der Waals surface area (Å²) in [5.41, 5.74) is 3.40. The van der Waals surface area contributed by atoms with E-state index in [0.29, 0.717) is 51.4 Å². The second kappa shape index (κ2) is 16.8. The van der Waals surface area contributed by atoms with Crippen molar-refractivity contribution in [3.8, 4) is 5.75 Å². The van der Waals surface area contributed by atoms with Crippen molar-refractivity contribution in [1.29, 1.82) is 0 Å². The minimum Gasteiger partial charge on any atom is -0.497 e. The van der Waals surface area contributed by atoms with Crippen molar-refractivity contribution in [1.82, 2.24) is 10.3 Å². The Kier molecular flexibility index (Phi) is 12.6. The van der Waals surface area contributed by atoms with E-state index in [4.69, 9.17) is 33.5 Å². The number of carbonyl (C=O) groups excluding carboxylic acids is 2. The van der Waals surface area contributed by atoms with Crippen molar-refractivity contribution in [3.05, 3.63) is 77.2 Å². The van der Waals surface area contributed by atoms with Crippen LogP contribution in [0.25, 0.3) is 10.9 Å². The van der Waals surface area contributed by atoms with Gasteiger partial charge in [0, 0.05) is 48.7 Å². The highest BCUT2D eigenvalue weighted by Gasteiger charge is 2.38. The van der Waals surface area contributed by atoms with Crippen molar-refractivity contribution in [2.45, 2.75) is 32.0 Å². The molecule has 2 heterocycles. The molecule has 0 bridgehead atoms. The number of aliphatic hydroxyl groups is 1. The van der Waals surface area contributed by atoms with E-state index in [-0.39, 0.29) is 36.7 Å². The lowest BCUT2D eigenvalue weighted by Gasteiger charge is -2.37. The van der Waals surface area contributed by atoms with Crippen molar-refractivity contribution in [2.24, 2.45) is 5.92 Å². The number of H-pyrrole nitrogens is 1. The number of rotatable bonds is 17. The number of esters is 1. The van der Waals surface area contributed by atoms with Gasteiger partial charge < -0.3 is 43.8 Å². The average Bonchev–Trinajstić information content (AvgIpc) is 3.46. The molecule has 0 aliphatic carbocycles. The molecule has 0 spiro atoms. The third-order valence-electron chi connectivity index (χ3n) is 7.51. The van der Waals surface area contributed by atoms with E-state index in [2.05, 4.69) is 10.3 Å². The zero-order valence-corrected chi connectivity index (χ0v) is 25.5. The number of allylic oxidation sites excluding steroid dienone is 1. The Bertz CT molecular complexity index is 1390. The Balaban J connectivity index is 1.49. The summed E-state index contributed by atoms with van der Waals surface area (Å²) >= 11 is 0. The Hall–Kier alpha value is -3.90. The van der Waals surface area contributed by atoms with Gasteiger partial charge in [-0.1, -0.05) is 12.1 Å². The molecule has 1 aliphatic heterocycles. The standard InChI is InChI=1S/C33H42N2O9/c1-4-43-33-26(12-15-41-17-18-42-16-14-36)27(22-5-7-23(8-6-22)32(38)40-3)20-30(44-33)31(37)34-13-11-24-21-35-29-10-9-25(39-2)19-28(24)29/h5-10,19-21,26-27,33,35-36H,4,11-18H2,1-3H3,(H,34,37)/t26-,27+,33+/m0/s1. The van der Waals surface area contributed by atoms with Gasteiger partial charge >= 0.3 is 5.97 Å². The van der Waals surface area contributed by atoms with Gasteiger partial charge in [-0.2, -0.15) is 0 Å². The lowest BCUT2D eigenvalue weighted by Crippen LogP contribution is -2.39. The summed E-state index contributed by atoms with van der Waals surface area (Å²) in [4.78, 5) is 28.7. The number of amides is 1. The number of hydrogen-bond acceptors (Lipinski definition) is 9. The molecule has 0 radical (unpaired) electrons. The van der Waals surface area contributed by atoms with E-state index < -0.39 is 12.3 Å². The van der Waals surface area contributed by atoms with Crippen LogP contribution in [0.5, 0.6) is 5.75 Å². The summed E-state index contributed by atoms with van der Waals surface area (Å²) in [7, 11) is 2.98. The molecule has 4 rings (SSSR count). The van der Waals surface area contributed by atoms with Crippen LogP contribution in [0, 0.1) is 5.92 Å². The maximum Gasteiger partial charge on any atom is 0.337 e.